The minimum absolute atomic E-state index is 0.110. The molecule has 0 amide bonds. The number of fused-ring (bicyclic) bond motifs is 1. The average Bonchev–Trinajstić information content (AvgIpc) is 2.40. The predicted molar refractivity (Wildman–Crippen MR) is 78.1 cm³/mol. The molecule has 110 valence electrons. The van der Waals surface area contributed by atoms with E-state index >= 15 is 0 Å². The third-order valence-corrected chi connectivity index (χ3v) is 4.81. The van der Waals surface area contributed by atoms with Crippen LogP contribution in [-0.4, -0.2) is 18.4 Å². The van der Waals surface area contributed by atoms with Crippen molar-refractivity contribution in [1.82, 2.24) is 0 Å². The van der Waals surface area contributed by atoms with Crippen molar-refractivity contribution in [1.29, 1.82) is 0 Å². The monoisotopic (exact) mass is 276 g/mol. The van der Waals surface area contributed by atoms with Crippen LogP contribution in [0.2, 0.25) is 0 Å². The number of esters is 1. The van der Waals surface area contributed by atoms with Gasteiger partial charge in [0.1, 0.15) is 6.61 Å². The van der Waals surface area contributed by atoms with Gasteiger partial charge in [-0.25, -0.2) is 0 Å². The zero-order chi connectivity index (χ0) is 14.9. The third-order valence-electron chi connectivity index (χ3n) is 4.81. The summed E-state index contributed by atoms with van der Waals surface area (Å²) in [7, 11) is 0. The summed E-state index contributed by atoms with van der Waals surface area (Å²) in [6.45, 7) is 10.1. The molecule has 20 heavy (non-hydrogen) atoms. The van der Waals surface area contributed by atoms with Crippen molar-refractivity contribution >= 4 is 11.8 Å². The topological polar surface area (TPSA) is 43.4 Å². The van der Waals surface area contributed by atoms with Gasteiger partial charge in [-0.05, 0) is 36.5 Å². The fourth-order valence-corrected chi connectivity index (χ4v) is 3.47. The highest BCUT2D eigenvalue weighted by Gasteiger charge is 2.48. The van der Waals surface area contributed by atoms with Crippen molar-refractivity contribution in [3.63, 3.8) is 0 Å². The summed E-state index contributed by atoms with van der Waals surface area (Å²) in [4.78, 5) is 23.4. The summed E-state index contributed by atoms with van der Waals surface area (Å²) in [6.07, 6.45) is 5.33. The largest absolute Gasteiger partial charge is 0.461 e. The van der Waals surface area contributed by atoms with Gasteiger partial charge in [-0.15, -0.1) is 0 Å². The first-order chi connectivity index (χ1) is 9.31. The quantitative estimate of drug-likeness (QED) is 0.573. The number of allylic oxidation sites excluding steroid dienone is 2. The summed E-state index contributed by atoms with van der Waals surface area (Å²) < 4.78 is 5.00. The molecule has 0 aromatic heterocycles. The summed E-state index contributed by atoms with van der Waals surface area (Å²) >= 11 is 0. The Morgan fingerprint density at radius 3 is 2.80 bits per heavy atom. The zero-order valence-electron chi connectivity index (χ0n) is 12.7. The molecule has 3 heteroatoms. The highest BCUT2D eigenvalue weighted by Crippen LogP contribution is 2.56. The van der Waals surface area contributed by atoms with E-state index in [9.17, 15) is 9.59 Å². The lowest BCUT2D eigenvalue weighted by Crippen LogP contribution is -2.45. The van der Waals surface area contributed by atoms with Crippen molar-refractivity contribution in [3.05, 3.63) is 23.8 Å². The molecule has 0 unspecified atom stereocenters. The summed E-state index contributed by atoms with van der Waals surface area (Å²) in [5.74, 6) is 0.644. The number of Topliss-reactive ketones (excluding diaryl/α,β-unsaturated/α-hetero) is 1. The van der Waals surface area contributed by atoms with E-state index in [1.165, 1.54) is 12.5 Å². The van der Waals surface area contributed by atoms with Gasteiger partial charge in [0, 0.05) is 18.9 Å². The van der Waals surface area contributed by atoms with Gasteiger partial charge in [-0.1, -0.05) is 32.1 Å². The van der Waals surface area contributed by atoms with Crippen molar-refractivity contribution in [3.8, 4) is 0 Å². The number of hydrogen-bond acceptors (Lipinski definition) is 3. The van der Waals surface area contributed by atoms with Crippen LogP contribution in [0.3, 0.4) is 0 Å². The van der Waals surface area contributed by atoms with Gasteiger partial charge in [-0.2, -0.15) is 0 Å². The second-order valence-corrected chi connectivity index (χ2v) is 6.74. The number of rotatable bonds is 2. The Balaban J connectivity index is 2.13. The van der Waals surface area contributed by atoms with Gasteiger partial charge in [0.2, 0.25) is 0 Å². The second kappa shape index (κ2) is 5.55. The van der Waals surface area contributed by atoms with Crippen LogP contribution in [0.15, 0.2) is 23.8 Å². The molecule has 1 saturated carbocycles. The van der Waals surface area contributed by atoms with Crippen LogP contribution < -0.4 is 0 Å². The average molecular weight is 276 g/mol. The highest BCUT2D eigenvalue weighted by atomic mass is 16.5. The molecule has 0 N–H and O–H groups in total. The Kier molecular flexibility index (Phi) is 4.17. The van der Waals surface area contributed by atoms with Crippen molar-refractivity contribution in [2.75, 3.05) is 6.61 Å². The molecule has 1 fully saturated rings. The standard InChI is InChI=1S/C17H24O3/c1-11-6-5-7-13(10-20-12(2)18)16(19)8-15-14(11)9-17(15,3)4/h7,14-15H,1,5-6,8-10H2,2-4H3/b13-7+/t14-,15+/m0/s1. The van der Waals surface area contributed by atoms with Crippen molar-refractivity contribution in [2.45, 2.75) is 46.5 Å². The molecule has 0 aromatic rings. The Bertz CT molecular complexity index is 471. The number of carbonyl (C=O) groups is 2. The van der Waals surface area contributed by atoms with E-state index < -0.39 is 0 Å². The first-order valence-corrected chi connectivity index (χ1v) is 7.34. The maximum Gasteiger partial charge on any atom is 0.302 e. The Morgan fingerprint density at radius 1 is 1.50 bits per heavy atom. The first-order valence-electron chi connectivity index (χ1n) is 7.34. The lowest BCUT2D eigenvalue weighted by molar-refractivity contribution is -0.140. The van der Waals surface area contributed by atoms with Gasteiger partial charge in [0.05, 0.1) is 0 Å². The Hall–Kier alpha value is -1.38. The molecular weight excluding hydrogens is 252 g/mol. The van der Waals surface area contributed by atoms with Crippen LogP contribution in [0.25, 0.3) is 0 Å². The lowest BCUT2D eigenvalue weighted by atomic mass is 9.52. The molecule has 0 bridgehead atoms. The van der Waals surface area contributed by atoms with Crippen molar-refractivity contribution < 1.29 is 14.3 Å². The SMILES string of the molecule is C=C1CC/C=C(\COC(C)=O)C(=O)C[C@@H]2[C@H]1CC2(C)C. The van der Waals surface area contributed by atoms with E-state index in [-0.39, 0.29) is 23.8 Å². The lowest BCUT2D eigenvalue weighted by Gasteiger charge is -2.52. The van der Waals surface area contributed by atoms with Crippen LogP contribution in [0.5, 0.6) is 0 Å². The molecule has 2 aliphatic carbocycles. The Labute approximate surface area is 121 Å². The fourth-order valence-electron chi connectivity index (χ4n) is 3.47. The van der Waals surface area contributed by atoms with Crippen LogP contribution >= 0.6 is 0 Å². The molecule has 0 heterocycles. The minimum atomic E-state index is -0.343. The van der Waals surface area contributed by atoms with E-state index in [2.05, 4.69) is 20.4 Å². The Morgan fingerprint density at radius 2 is 2.20 bits per heavy atom. The van der Waals surface area contributed by atoms with E-state index in [4.69, 9.17) is 4.74 Å². The van der Waals surface area contributed by atoms with Gasteiger partial charge < -0.3 is 4.74 Å². The maximum absolute atomic E-state index is 12.4. The predicted octanol–water partition coefficient (Wildman–Crippen LogP) is 3.45. The van der Waals surface area contributed by atoms with Gasteiger partial charge >= 0.3 is 5.97 Å². The number of ether oxygens (including phenoxy) is 1. The molecule has 0 spiro atoms. The minimum Gasteiger partial charge on any atom is -0.461 e. The van der Waals surface area contributed by atoms with Gasteiger partial charge in [0.25, 0.3) is 0 Å². The van der Waals surface area contributed by atoms with E-state index in [1.54, 1.807) is 0 Å². The van der Waals surface area contributed by atoms with E-state index in [0.29, 0.717) is 23.8 Å². The van der Waals surface area contributed by atoms with Crippen LogP contribution in [0, 0.1) is 17.3 Å². The second-order valence-electron chi connectivity index (χ2n) is 6.74. The molecule has 2 rings (SSSR count). The van der Waals surface area contributed by atoms with E-state index in [1.807, 2.05) is 6.08 Å². The summed E-state index contributed by atoms with van der Waals surface area (Å²) in [6, 6.07) is 0. The molecule has 0 saturated heterocycles. The molecule has 2 atom stereocenters. The summed E-state index contributed by atoms with van der Waals surface area (Å²) in [5.41, 5.74) is 2.13. The van der Waals surface area contributed by atoms with Crippen molar-refractivity contribution in [2.24, 2.45) is 17.3 Å². The van der Waals surface area contributed by atoms with Crippen LogP contribution in [0.4, 0.5) is 0 Å². The number of hydrogen-bond donors (Lipinski definition) is 0. The molecule has 0 aromatic carbocycles. The molecular formula is C17H24O3. The fraction of sp³-hybridized carbons (Fsp3) is 0.647. The van der Waals surface area contributed by atoms with Crippen LogP contribution in [0.1, 0.15) is 46.5 Å². The van der Waals surface area contributed by atoms with E-state index in [0.717, 1.165) is 19.3 Å². The molecule has 2 aliphatic rings. The number of ketones is 1. The zero-order valence-corrected chi connectivity index (χ0v) is 12.7. The molecule has 3 nitrogen and oxygen atoms in total. The van der Waals surface area contributed by atoms with Crippen LogP contribution in [-0.2, 0) is 14.3 Å². The highest BCUT2D eigenvalue weighted by molar-refractivity contribution is 5.96. The number of carbonyl (C=O) groups excluding carboxylic acids is 2. The normalized spacial score (nSPS) is 31.9. The first kappa shape index (κ1) is 15.0. The van der Waals surface area contributed by atoms with Gasteiger partial charge in [0.15, 0.2) is 5.78 Å². The third kappa shape index (κ3) is 3.02. The molecule has 0 aliphatic heterocycles. The maximum atomic E-state index is 12.4. The molecule has 0 radical (unpaired) electrons. The smallest absolute Gasteiger partial charge is 0.302 e. The summed E-state index contributed by atoms with van der Waals surface area (Å²) in [5, 5.41) is 0. The van der Waals surface area contributed by atoms with Gasteiger partial charge in [-0.3, -0.25) is 9.59 Å².